The SMILES string of the molecule is O=C1c2ccccc2C(=O)N1CC(=O)N1CCCc2cc(Br)ccc21. The standard InChI is InChI=1S/C19H15BrN2O3/c20-13-7-8-16-12(10-13)4-3-9-21(16)17(23)11-22-18(24)14-5-1-2-6-15(14)19(22)25/h1-2,5-8,10H,3-4,9,11H2. The highest BCUT2D eigenvalue weighted by atomic mass is 79.9. The lowest BCUT2D eigenvalue weighted by Gasteiger charge is -2.30. The minimum absolute atomic E-state index is 0.234. The van der Waals surface area contributed by atoms with E-state index in [9.17, 15) is 14.4 Å². The molecule has 4 rings (SSSR count). The third kappa shape index (κ3) is 2.66. The van der Waals surface area contributed by atoms with E-state index in [2.05, 4.69) is 15.9 Å². The predicted octanol–water partition coefficient (Wildman–Crippen LogP) is 3.02. The van der Waals surface area contributed by atoms with Gasteiger partial charge in [-0.1, -0.05) is 28.1 Å². The lowest BCUT2D eigenvalue weighted by Crippen LogP contribution is -2.44. The second-order valence-corrected chi connectivity index (χ2v) is 7.08. The summed E-state index contributed by atoms with van der Waals surface area (Å²) >= 11 is 3.45. The van der Waals surface area contributed by atoms with Gasteiger partial charge in [0.1, 0.15) is 6.54 Å². The van der Waals surface area contributed by atoms with Crippen LogP contribution in [0.3, 0.4) is 0 Å². The smallest absolute Gasteiger partial charge is 0.262 e. The Bertz CT molecular complexity index is 874. The Morgan fingerprint density at radius 3 is 2.40 bits per heavy atom. The Morgan fingerprint density at radius 1 is 1.04 bits per heavy atom. The van der Waals surface area contributed by atoms with Gasteiger partial charge in [-0.15, -0.1) is 0 Å². The summed E-state index contributed by atoms with van der Waals surface area (Å²) in [5, 5.41) is 0. The Hall–Kier alpha value is -2.47. The van der Waals surface area contributed by atoms with Crippen molar-refractivity contribution in [2.75, 3.05) is 18.0 Å². The first kappa shape index (κ1) is 16.0. The number of halogens is 1. The maximum atomic E-state index is 12.8. The van der Waals surface area contributed by atoms with Crippen molar-refractivity contribution in [2.24, 2.45) is 0 Å². The average Bonchev–Trinajstić information content (AvgIpc) is 2.86. The molecule has 2 aliphatic heterocycles. The minimum atomic E-state index is -0.401. The zero-order valence-electron chi connectivity index (χ0n) is 13.4. The van der Waals surface area contributed by atoms with E-state index in [4.69, 9.17) is 0 Å². The molecule has 2 heterocycles. The van der Waals surface area contributed by atoms with Crippen LogP contribution >= 0.6 is 15.9 Å². The molecule has 0 N–H and O–H groups in total. The molecule has 5 nitrogen and oxygen atoms in total. The number of rotatable bonds is 2. The molecule has 0 radical (unpaired) electrons. The first-order chi connectivity index (χ1) is 12.1. The van der Waals surface area contributed by atoms with Gasteiger partial charge in [0.25, 0.3) is 11.8 Å². The molecule has 0 fully saturated rings. The van der Waals surface area contributed by atoms with E-state index in [1.807, 2.05) is 18.2 Å². The largest absolute Gasteiger partial charge is 0.311 e. The summed E-state index contributed by atoms with van der Waals surface area (Å²) in [7, 11) is 0. The van der Waals surface area contributed by atoms with Crippen molar-refractivity contribution in [1.29, 1.82) is 0 Å². The van der Waals surface area contributed by atoms with E-state index in [1.165, 1.54) is 0 Å². The van der Waals surface area contributed by atoms with E-state index < -0.39 is 11.8 Å². The van der Waals surface area contributed by atoms with Crippen molar-refractivity contribution in [3.8, 4) is 0 Å². The summed E-state index contributed by atoms with van der Waals surface area (Å²) in [6, 6.07) is 12.5. The number of imide groups is 1. The molecule has 0 spiro atoms. The van der Waals surface area contributed by atoms with Gasteiger partial charge in [-0.25, -0.2) is 0 Å². The summed E-state index contributed by atoms with van der Waals surface area (Å²) in [4.78, 5) is 40.4. The van der Waals surface area contributed by atoms with Crippen LogP contribution in [0.1, 0.15) is 32.7 Å². The van der Waals surface area contributed by atoms with Crippen LogP contribution in [0.2, 0.25) is 0 Å². The second-order valence-electron chi connectivity index (χ2n) is 6.16. The molecule has 0 aliphatic carbocycles. The van der Waals surface area contributed by atoms with Crippen LogP contribution < -0.4 is 4.90 Å². The van der Waals surface area contributed by atoms with Gasteiger partial charge in [-0.3, -0.25) is 19.3 Å². The minimum Gasteiger partial charge on any atom is -0.311 e. The van der Waals surface area contributed by atoms with Crippen molar-refractivity contribution in [3.63, 3.8) is 0 Å². The highest BCUT2D eigenvalue weighted by Crippen LogP contribution is 2.30. The summed E-state index contributed by atoms with van der Waals surface area (Å²) < 4.78 is 0.973. The third-order valence-electron chi connectivity index (χ3n) is 4.63. The fourth-order valence-electron chi connectivity index (χ4n) is 3.43. The molecule has 0 aromatic heterocycles. The van der Waals surface area contributed by atoms with E-state index in [1.54, 1.807) is 29.2 Å². The molecule has 25 heavy (non-hydrogen) atoms. The van der Waals surface area contributed by atoms with Gasteiger partial charge in [0.15, 0.2) is 0 Å². The van der Waals surface area contributed by atoms with Crippen LogP contribution in [-0.2, 0) is 11.2 Å². The molecule has 0 saturated heterocycles. The predicted molar refractivity (Wildman–Crippen MR) is 96.6 cm³/mol. The van der Waals surface area contributed by atoms with Gasteiger partial charge in [-0.05, 0) is 48.7 Å². The zero-order chi connectivity index (χ0) is 17.6. The van der Waals surface area contributed by atoms with Gasteiger partial charge in [0.05, 0.1) is 11.1 Å². The number of nitrogens with zero attached hydrogens (tertiary/aromatic N) is 2. The van der Waals surface area contributed by atoms with Crippen LogP contribution in [0.5, 0.6) is 0 Å². The maximum absolute atomic E-state index is 12.8. The molecule has 6 heteroatoms. The summed E-state index contributed by atoms with van der Waals surface area (Å²) in [5.74, 6) is -1.04. The summed E-state index contributed by atoms with van der Waals surface area (Å²) in [6.45, 7) is 0.360. The number of amides is 3. The monoisotopic (exact) mass is 398 g/mol. The van der Waals surface area contributed by atoms with Crippen LogP contribution in [0.15, 0.2) is 46.9 Å². The zero-order valence-corrected chi connectivity index (χ0v) is 15.0. The molecule has 0 bridgehead atoms. The summed E-state index contributed by atoms with van der Waals surface area (Å²) in [6.07, 6.45) is 1.77. The van der Waals surface area contributed by atoms with Gasteiger partial charge in [-0.2, -0.15) is 0 Å². The van der Waals surface area contributed by atoms with E-state index in [0.717, 1.165) is 33.5 Å². The van der Waals surface area contributed by atoms with Gasteiger partial charge in [0, 0.05) is 16.7 Å². The highest BCUT2D eigenvalue weighted by Gasteiger charge is 2.37. The number of anilines is 1. The van der Waals surface area contributed by atoms with Crippen LogP contribution in [0.4, 0.5) is 5.69 Å². The number of carbonyl (C=O) groups excluding carboxylic acids is 3. The lowest BCUT2D eigenvalue weighted by atomic mass is 10.0. The number of hydrogen-bond donors (Lipinski definition) is 0. The van der Waals surface area contributed by atoms with Gasteiger partial charge in [0.2, 0.25) is 5.91 Å². The normalized spacial score (nSPS) is 16.0. The third-order valence-corrected chi connectivity index (χ3v) is 5.13. The molecule has 2 aromatic rings. The van der Waals surface area contributed by atoms with Crippen LogP contribution in [-0.4, -0.2) is 35.7 Å². The highest BCUT2D eigenvalue weighted by molar-refractivity contribution is 9.10. The average molecular weight is 399 g/mol. The molecular formula is C19H15BrN2O3. The molecule has 2 aromatic carbocycles. The van der Waals surface area contributed by atoms with E-state index in [0.29, 0.717) is 17.7 Å². The quantitative estimate of drug-likeness (QED) is 0.730. The fraction of sp³-hybridized carbons (Fsp3) is 0.211. The summed E-state index contributed by atoms with van der Waals surface area (Å²) in [5.41, 5.74) is 2.68. The molecule has 126 valence electrons. The lowest BCUT2D eigenvalue weighted by molar-refractivity contribution is -0.119. The molecule has 0 unspecified atom stereocenters. The number of hydrogen-bond acceptors (Lipinski definition) is 3. The van der Waals surface area contributed by atoms with Crippen molar-refractivity contribution in [1.82, 2.24) is 4.90 Å². The van der Waals surface area contributed by atoms with Crippen molar-refractivity contribution >= 4 is 39.3 Å². The molecule has 2 aliphatic rings. The molecular weight excluding hydrogens is 384 g/mol. The van der Waals surface area contributed by atoms with Crippen LogP contribution in [0.25, 0.3) is 0 Å². The first-order valence-corrected chi connectivity index (χ1v) is 8.89. The Morgan fingerprint density at radius 2 is 1.72 bits per heavy atom. The van der Waals surface area contributed by atoms with Crippen molar-refractivity contribution < 1.29 is 14.4 Å². The Kier molecular flexibility index (Phi) is 3.92. The number of benzene rings is 2. The number of fused-ring (bicyclic) bond motifs is 2. The number of aryl methyl sites for hydroxylation is 1. The Labute approximate surface area is 153 Å². The van der Waals surface area contributed by atoms with Gasteiger partial charge >= 0.3 is 0 Å². The van der Waals surface area contributed by atoms with E-state index >= 15 is 0 Å². The first-order valence-electron chi connectivity index (χ1n) is 8.10. The maximum Gasteiger partial charge on any atom is 0.262 e. The second kappa shape index (κ2) is 6.11. The topological polar surface area (TPSA) is 57.7 Å². The van der Waals surface area contributed by atoms with Gasteiger partial charge < -0.3 is 4.90 Å². The van der Waals surface area contributed by atoms with Crippen molar-refractivity contribution in [2.45, 2.75) is 12.8 Å². The molecule has 0 saturated carbocycles. The fourth-order valence-corrected chi connectivity index (χ4v) is 3.84. The van der Waals surface area contributed by atoms with E-state index in [-0.39, 0.29) is 12.5 Å². The number of carbonyl (C=O) groups is 3. The van der Waals surface area contributed by atoms with Crippen LogP contribution in [0, 0.1) is 0 Å². The molecule has 3 amide bonds. The Balaban J connectivity index is 1.58. The molecule has 0 atom stereocenters. The van der Waals surface area contributed by atoms with Crippen molar-refractivity contribution in [3.05, 3.63) is 63.6 Å².